The van der Waals surface area contributed by atoms with Gasteiger partial charge in [0.05, 0.1) is 21.3 Å². The summed E-state index contributed by atoms with van der Waals surface area (Å²) in [5.41, 5.74) is 1.54. The highest BCUT2D eigenvalue weighted by Crippen LogP contribution is 2.32. The Labute approximate surface area is 178 Å². The molecule has 1 heterocycles. The van der Waals surface area contributed by atoms with Crippen LogP contribution in [0.2, 0.25) is 10.0 Å². The van der Waals surface area contributed by atoms with Crippen molar-refractivity contribution in [3.05, 3.63) is 79.3 Å². The van der Waals surface area contributed by atoms with E-state index in [1.165, 1.54) is 23.6 Å². The molecule has 3 rings (SSSR count). The molecule has 0 bridgehead atoms. The quantitative estimate of drug-likeness (QED) is 0.542. The number of halogens is 2. The molecule has 0 radical (unpaired) electrons. The van der Waals surface area contributed by atoms with Gasteiger partial charge in [-0.1, -0.05) is 47.0 Å². The molecule has 0 aliphatic carbocycles. The van der Waals surface area contributed by atoms with Crippen LogP contribution in [-0.2, 0) is 10.1 Å². The molecule has 2 aromatic carbocycles. The summed E-state index contributed by atoms with van der Waals surface area (Å²) in [5, 5.41) is 0.498. The lowest BCUT2D eigenvalue weighted by Gasteiger charge is -2.17. The summed E-state index contributed by atoms with van der Waals surface area (Å²) in [5.74, 6) is -0.0675. The van der Waals surface area contributed by atoms with Crippen LogP contribution in [0.4, 0.5) is 0 Å². The molecule has 0 fully saturated rings. The fraction of sp³-hybridized carbons (Fsp3) is 0.200. The van der Waals surface area contributed by atoms with Gasteiger partial charge in [-0.3, -0.25) is 9.36 Å². The van der Waals surface area contributed by atoms with E-state index in [9.17, 15) is 13.2 Å². The number of benzene rings is 2. The van der Waals surface area contributed by atoms with Crippen molar-refractivity contribution in [3.8, 4) is 11.6 Å². The van der Waals surface area contributed by atoms with Gasteiger partial charge in [-0.15, -0.1) is 0 Å². The van der Waals surface area contributed by atoms with E-state index >= 15 is 0 Å². The fourth-order valence-corrected chi connectivity index (χ4v) is 4.18. The van der Waals surface area contributed by atoms with Gasteiger partial charge in [-0.2, -0.15) is 13.4 Å². The van der Waals surface area contributed by atoms with Gasteiger partial charge in [0.25, 0.3) is 5.56 Å². The normalized spacial score (nSPS) is 11.5. The van der Waals surface area contributed by atoms with E-state index in [-0.39, 0.29) is 27.2 Å². The smallest absolute Gasteiger partial charge is 0.340 e. The molecule has 9 heteroatoms. The zero-order valence-corrected chi connectivity index (χ0v) is 18.5. The van der Waals surface area contributed by atoms with Crippen LogP contribution in [0.5, 0.6) is 5.88 Å². The summed E-state index contributed by atoms with van der Waals surface area (Å²) in [6, 6.07) is 9.55. The van der Waals surface area contributed by atoms with Crippen molar-refractivity contribution in [2.24, 2.45) is 0 Å². The molecule has 1 aromatic heterocycles. The maximum Gasteiger partial charge on any atom is 0.340 e. The van der Waals surface area contributed by atoms with Crippen molar-refractivity contribution in [1.82, 2.24) is 9.55 Å². The summed E-state index contributed by atoms with van der Waals surface area (Å²) in [6.07, 6.45) is 0. The van der Waals surface area contributed by atoms with Crippen molar-refractivity contribution in [1.29, 1.82) is 0 Å². The highest BCUT2D eigenvalue weighted by atomic mass is 35.5. The summed E-state index contributed by atoms with van der Waals surface area (Å²) in [4.78, 5) is 17.2. The van der Waals surface area contributed by atoms with Gasteiger partial charge in [0.2, 0.25) is 5.88 Å². The number of hydrogen-bond donors (Lipinski definition) is 0. The van der Waals surface area contributed by atoms with Crippen LogP contribution in [0.1, 0.15) is 22.5 Å². The van der Waals surface area contributed by atoms with Gasteiger partial charge in [0, 0.05) is 0 Å². The van der Waals surface area contributed by atoms with Crippen molar-refractivity contribution in [2.45, 2.75) is 32.6 Å². The molecule has 0 saturated heterocycles. The minimum absolute atomic E-state index is 0.0279. The van der Waals surface area contributed by atoms with E-state index in [4.69, 9.17) is 27.4 Å². The number of aryl methyl sites for hydroxylation is 3. The molecule has 0 N–H and O–H groups in total. The first kappa shape index (κ1) is 21.4. The lowest BCUT2D eigenvalue weighted by Crippen LogP contribution is -2.27. The predicted octanol–water partition coefficient (Wildman–Crippen LogP) is 4.54. The highest BCUT2D eigenvalue weighted by Gasteiger charge is 2.23. The largest absolute Gasteiger partial charge is 0.358 e. The van der Waals surface area contributed by atoms with E-state index < -0.39 is 15.7 Å². The van der Waals surface area contributed by atoms with Crippen molar-refractivity contribution >= 4 is 33.3 Å². The molecule has 0 aliphatic heterocycles. The Kier molecular flexibility index (Phi) is 5.76. The van der Waals surface area contributed by atoms with E-state index in [0.717, 1.165) is 5.56 Å². The maximum absolute atomic E-state index is 13.0. The monoisotopic (exact) mass is 452 g/mol. The molecule has 0 unspecified atom stereocenters. The second-order valence-electron chi connectivity index (χ2n) is 6.61. The third kappa shape index (κ3) is 4.03. The molecule has 0 aliphatic rings. The zero-order valence-electron chi connectivity index (χ0n) is 16.2. The Morgan fingerprint density at radius 3 is 2.21 bits per heavy atom. The van der Waals surface area contributed by atoms with E-state index in [1.807, 2.05) is 6.92 Å². The molecule has 0 saturated carbocycles. The highest BCUT2D eigenvalue weighted by molar-refractivity contribution is 7.87. The topological polar surface area (TPSA) is 78.3 Å². The third-order valence-electron chi connectivity index (χ3n) is 4.42. The molecule has 0 atom stereocenters. The zero-order chi connectivity index (χ0) is 21.5. The van der Waals surface area contributed by atoms with E-state index in [1.54, 1.807) is 38.1 Å². The molecule has 0 amide bonds. The van der Waals surface area contributed by atoms with Crippen molar-refractivity contribution < 1.29 is 12.6 Å². The predicted molar refractivity (Wildman–Crippen MR) is 113 cm³/mol. The minimum Gasteiger partial charge on any atom is -0.358 e. The summed E-state index contributed by atoms with van der Waals surface area (Å²) >= 11 is 12.4. The average molecular weight is 453 g/mol. The lowest BCUT2D eigenvalue weighted by molar-refractivity contribution is 0.469. The second-order valence-corrected chi connectivity index (χ2v) is 8.94. The van der Waals surface area contributed by atoms with Crippen LogP contribution in [-0.4, -0.2) is 18.0 Å². The van der Waals surface area contributed by atoms with Gasteiger partial charge in [0.1, 0.15) is 10.7 Å². The molecular weight excluding hydrogens is 435 g/mol. The third-order valence-corrected chi connectivity index (χ3v) is 6.45. The number of aromatic nitrogens is 2. The summed E-state index contributed by atoms with van der Waals surface area (Å²) in [7, 11) is -4.14. The summed E-state index contributed by atoms with van der Waals surface area (Å²) < 4.78 is 31.7. The van der Waals surface area contributed by atoms with Gasteiger partial charge in [0.15, 0.2) is 0 Å². The molecule has 152 valence electrons. The Bertz CT molecular complexity index is 1270. The lowest BCUT2D eigenvalue weighted by atomic mass is 10.2. The maximum atomic E-state index is 13.0. The van der Waals surface area contributed by atoms with Crippen LogP contribution < -0.4 is 9.74 Å². The van der Waals surface area contributed by atoms with Gasteiger partial charge in [-0.05, 0) is 51.5 Å². The number of nitrogens with zero attached hydrogens (tertiary/aromatic N) is 2. The molecule has 29 heavy (non-hydrogen) atoms. The molecule has 3 aromatic rings. The van der Waals surface area contributed by atoms with Gasteiger partial charge < -0.3 is 4.18 Å². The van der Waals surface area contributed by atoms with Crippen LogP contribution in [0, 0.1) is 27.7 Å². The summed E-state index contributed by atoms with van der Waals surface area (Å²) in [6.45, 7) is 6.63. The molecule has 0 spiro atoms. The Balaban J connectivity index is 2.13. The van der Waals surface area contributed by atoms with Crippen LogP contribution >= 0.6 is 23.2 Å². The first-order valence-electron chi connectivity index (χ1n) is 8.59. The Morgan fingerprint density at radius 2 is 1.59 bits per heavy atom. The van der Waals surface area contributed by atoms with E-state index in [0.29, 0.717) is 16.3 Å². The Hall–Kier alpha value is -2.35. The SMILES string of the molecule is Cc1ccc(S(=O)(=O)Oc2nc(C)n(-c3c(C)ccc(Cl)c3Cl)c(=O)c2C)cc1. The first-order valence-corrected chi connectivity index (χ1v) is 10.8. The average Bonchev–Trinajstić information content (AvgIpc) is 2.65. The number of hydrogen-bond acceptors (Lipinski definition) is 5. The van der Waals surface area contributed by atoms with Gasteiger partial charge >= 0.3 is 10.1 Å². The fourth-order valence-electron chi connectivity index (χ4n) is 2.80. The molecular formula is C20H18Cl2N2O4S. The van der Waals surface area contributed by atoms with Crippen molar-refractivity contribution in [2.75, 3.05) is 0 Å². The Morgan fingerprint density at radius 1 is 0.966 bits per heavy atom. The first-order chi connectivity index (χ1) is 13.5. The van der Waals surface area contributed by atoms with Gasteiger partial charge in [-0.25, -0.2) is 0 Å². The standard InChI is InChI=1S/C20H18Cl2N2O4S/c1-11-5-8-15(9-6-11)29(26,27)28-19-13(3)20(25)24(14(4)23-19)18-12(2)7-10-16(21)17(18)22/h5-10H,1-4H3. The molecule has 6 nitrogen and oxygen atoms in total. The van der Waals surface area contributed by atoms with Crippen LogP contribution in [0.15, 0.2) is 46.1 Å². The van der Waals surface area contributed by atoms with E-state index in [2.05, 4.69) is 4.98 Å². The minimum atomic E-state index is -4.14. The number of rotatable bonds is 4. The van der Waals surface area contributed by atoms with Crippen LogP contribution in [0.25, 0.3) is 5.69 Å². The van der Waals surface area contributed by atoms with Crippen LogP contribution in [0.3, 0.4) is 0 Å². The second kappa shape index (κ2) is 7.82. The van der Waals surface area contributed by atoms with Crippen molar-refractivity contribution in [3.63, 3.8) is 0 Å².